The molecule has 2 aromatic carbocycles. The minimum atomic E-state index is -3.95. The van der Waals surface area contributed by atoms with E-state index in [2.05, 4.69) is 0 Å². The van der Waals surface area contributed by atoms with Crippen molar-refractivity contribution in [1.29, 1.82) is 0 Å². The molecule has 1 aromatic heterocycles. The Hall–Kier alpha value is -2.60. The molecular formula is C18H16O5S. The quantitative estimate of drug-likeness (QED) is 0.535. The summed E-state index contributed by atoms with van der Waals surface area (Å²) in [5, 5.41) is 0.760. The molecule has 0 bridgehead atoms. The van der Waals surface area contributed by atoms with Gasteiger partial charge in [-0.2, -0.15) is 8.42 Å². The van der Waals surface area contributed by atoms with Crippen LogP contribution in [-0.4, -0.2) is 8.42 Å². The van der Waals surface area contributed by atoms with Crippen molar-refractivity contribution in [3.63, 3.8) is 0 Å². The number of hydrogen-bond acceptors (Lipinski definition) is 5. The lowest BCUT2D eigenvalue weighted by atomic mass is 10.1. The van der Waals surface area contributed by atoms with E-state index in [1.165, 1.54) is 24.3 Å². The largest absolute Gasteiger partial charge is 0.423 e. The zero-order chi connectivity index (χ0) is 17.3. The molecule has 124 valence electrons. The van der Waals surface area contributed by atoms with E-state index >= 15 is 0 Å². The standard InChI is InChI=1S/C18H16O5S/c1-3-13-10-15-12(2)9-18(19)22-17(15)11-16(13)23-24(20,21)14-7-5-4-6-8-14/h4-11H,3H2,1-2H3. The average molecular weight is 344 g/mol. The second-order valence-corrected chi connectivity index (χ2v) is 6.95. The maximum Gasteiger partial charge on any atom is 0.339 e. The highest BCUT2D eigenvalue weighted by Crippen LogP contribution is 2.30. The predicted molar refractivity (Wildman–Crippen MR) is 90.9 cm³/mol. The maximum absolute atomic E-state index is 12.4. The van der Waals surface area contributed by atoms with Crippen LogP contribution in [0.25, 0.3) is 11.0 Å². The van der Waals surface area contributed by atoms with E-state index in [0.717, 1.165) is 16.5 Å². The van der Waals surface area contributed by atoms with E-state index in [4.69, 9.17) is 8.60 Å². The molecule has 0 atom stereocenters. The first-order chi connectivity index (χ1) is 11.4. The second kappa shape index (κ2) is 6.13. The molecule has 0 fully saturated rings. The fourth-order valence-electron chi connectivity index (χ4n) is 2.50. The van der Waals surface area contributed by atoms with Crippen LogP contribution in [0.4, 0.5) is 0 Å². The number of benzene rings is 2. The monoisotopic (exact) mass is 344 g/mol. The summed E-state index contributed by atoms with van der Waals surface area (Å²) in [6.07, 6.45) is 0.578. The summed E-state index contributed by atoms with van der Waals surface area (Å²) in [4.78, 5) is 11.6. The van der Waals surface area contributed by atoms with Gasteiger partial charge in [0.1, 0.15) is 16.2 Å². The van der Waals surface area contributed by atoms with Crippen molar-refractivity contribution in [1.82, 2.24) is 0 Å². The summed E-state index contributed by atoms with van der Waals surface area (Å²) >= 11 is 0. The summed E-state index contributed by atoms with van der Waals surface area (Å²) in [5.41, 5.74) is 1.31. The lowest BCUT2D eigenvalue weighted by Crippen LogP contribution is -2.11. The van der Waals surface area contributed by atoms with Crippen molar-refractivity contribution in [3.8, 4) is 5.75 Å². The molecule has 0 aliphatic carbocycles. The lowest BCUT2D eigenvalue weighted by Gasteiger charge is -2.12. The van der Waals surface area contributed by atoms with Crippen molar-refractivity contribution < 1.29 is 17.0 Å². The van der Waals surface area contributed by atoms with E-state index in [-0.39, 0.29) is 10.6 Å². The fourth-order valence-corrected chi connectivity index (χ4v) is 3.48. The van der Waals surface area contributed by atoms with Gasteiger partial charge in [-0.1, -0.05) is 25.1 Å². The summed E-state index contributed by atoms with van der Waals surface area (Å²) in [6, 6.07) is 12.6. The molecule has 0 amide bonds. The van der Waals surface area contributed by atoms with Crippen LogP contribution in [0.5, 0.6) is 5.75 Å². The molecule has 3 rings (SSSR count). The van der Waals surface area contributed by atoms with Crippen LogP contribution in [0.1, 0.15) is 18.1 Å². The molecule has 3 aromatic rings. The average Bonchev–Trinajstić information content (AvgIpc) is 2.54. The van der Waals surface area contributed by atoms with Crippen LogP contribution in [0.15, 0.2) is 62.6 Å². The molecule has 0 N–H and O–H groups in total. The molecule has 6 heteroatoms. The molecule has 1 heterocycles. The normalized spacial score (nSPS) is 11.6. The second-order valence-electron chi connectivity index (χ2n) is 5.41. The van der Waals surface area contributed by atoms with Crippen molar-refractivity contribution in [2.75, 3.05) is 0 Å². The van der Waals surface area contributed by atoms with Crippen LogP contribution in [0.3, 0.4) is 0 Å². The summed E-state index contributed by atoms with van der Waals surface area (Å²) in [7, 11) is -3.95. The van der Waals surface area contributed by atoms with Gasteiger partial charge in [-0.25, -0.2) is 4.79 Å². The Morgan fingerprint density at radius 3 is 2.46 bits per heavy atom. The highest BCUT2D eigenvalue weighted by atomic mass is 32.2. The van der Waals surface area contributed by atoms with Crippen LogP contribution < -0.4 is 9.81 Å². The summed E-state index contributed by atoms with van der Waals surface area (Å²) in [5.74, 6) is 0.169. The zero-order valence-corrected chi connectivity index (χ0v) is 14.1. The smallest absolute Gasteiger partial charge is 0.339 e. The molecule has 24 heavy (non-hydrogen) atoms. The first-order valence-corrected chi connectivity index (χ1v) is 8.88. The third-order valence-corrected chi connectivity index (χ3v) is 4.99. The summed E-state index contributed by atoms with van der Waals surface area (Å²) in [6.45, 7) is 3.71. The predicted octanol–water partition coefficient (Wildman–Crippen LogP) is 3.43. The fraction of sp³-hybridized carbons (Fsp3) is 0.167. The molecule has 0 saturated heterocycles. The Bertz CT molecular complexity index is 1050. The number of rotatable bonds is 4. The number of fused-ring (bicyclic) bond motifs is 1. The Balaban J connectivity index is 2.14. The van der Waals surface area contributed by atoms with Crippen LogP contribution >= 0.6 is 0 Å². The first-order valence-electron chi connectivity index (χ1n) is 7.47. The lowest BCUT2D eigenvalue weighted by molar-refractivity contribution is 0.482. The molecule has 0 unspecified atom stereocenters. The Morgan fingerprint density at radius 2 is 1.79 bits per heavy atom. The summed E-state index contributed by atoms with van der Waals surface area (Å²) < 4.78 is 35.3. The molecule has 0 aliphatic rings. The van der Waals surface area contributed by atoms with Crippen molar-refractivity contribution in [2.45, 2.75) is 25.2 Å². The van der Waals surface area contributed by atoms with Crippen molar-refractivity contribution in [2.24, 2.45) is 0 Å². The maximum atomic E-state index is 12.4. The molecule has 5 nitrogen and oxygen atoms in total. The van der Waals surface area contributed by atoms with Crippen LogP contribution in [-0.2, 0) is 16.5 Å². The molecule has 0 radical (unpaired) electrons. The molecular weight excluding hydrogens is 328 g/mol. The van der Waals surface area contributed by atoms with Gasteiger partial charge >= 0.3 is 15.7 Å². The van der Waals surface area contributed by atoms with Crippen molar-refractivity contribution in [3.05, 3.63) is 70.1 Å². The van der Waals surface area contributed by atoms with E-state index in [1.54, 1.807) is 31.2 Å². The van der Waals surface area contributed by atoms with Gasteiger partial charge in [0.15, 0.2) is 0 Å². The third kappa shape index (κ3) is 3.05. The molecule has 0 aliphatic heterocycles. The number of hydrogen-bond donors (Lipinski definition) is 0. The van der Waals surface area contributed by atoms with Crippen LogP contribution in [0, 0.1) is 6.92 Å². The Labute approximate surface area is 139 Å². The SMILES string of the molecule is CCc1cc2c(C)cc(=O)oc2cc1OS(=O)(=O)c1ccccc1. The highest BCUT2D eigenvalue weighted by molar-refractivity contribution is 7.87. The van der Waals surface area contributed by atoms with Crippen molar-refractivity contribution >= 4 is 21.1 Å². The highest BCUT2D eigenvalue weighted by Gasteiger charge is 2.19. The van der Waals surface area contributed by atoms with Gasteiger partial charge in [0.25, 0.3) is 0 Å². The Kier molecular flexibility index (Phi) is 4.15. The van der Waals surface area contributed by atoms with Gasteiger partial charge in [0, 0.05) is 17.5 Å². The third-order valence-electron chi connectivity index (χ3n) is 3.74. The van der Waals surface area contributed by atoms with Gasteiger partial charge in [0.2, 0.25) is 0 Å². The molecule has 0 spiro atoms. The zero-order valence-electron chi connectivity index (χ0n) is 13.3. The van der Waals surface area contributed by atoms with Gasteiger partial charge in [0.05, 0.1) is 0 Å². The first kappa shape index (κ1) is 16.3. The van der Waals surface area contributed by atoms with Gasteiger partial charge < -0.3 is 8.60 Å². The topological polar surface area (TPSA) is 73.6 Å². The van der Waals surface area contributed by atoms with Gasteiger partial charge in [-0.15, -0.1) is 0 Å². The Morgan fingerprint density at radius 1 is 1.08 bits per heavy atom. The van der Waals surface area contributed by atoms with E-state index in [1.807, 2.05) is 6.92 Å². The van der Waals surface area contributed by atoms with E-state index in [9.17, 15) is 13.2 Å². The number of aryl methyl sites for hydroxylation is 2. The minimum Gasteiger partial charge on any atom is -0.423 e. The van der Waals surface area contributed by atoms with E-state index < -0.39 is 15.7 Å². The van der Waals surface area contributed by atoms with Gasteiger partial charge in [-0.3, -0.25) is 0 Å². The van der Waals surface area contributed by atoms with Crippen LogP contribution in [0.2, 0.25) is 0 Å². The van der Waals surface area contributed by atoms with E-state index in [0.29, 0.717) is 12.0 Å². The molecule has 0 saturated carbocycles. The van der Waals surface area contributed by atoms with Gasteiger partial charge in [-0.05, 0) is 42.7 Å². The minimum absolute atomic E-state index is 0.0674.